The molecule has 0 aliphatic rings. The summed E-state index contributed by atoms with van der Waals surface area (Å²) < 4.78 is 1.94. The molecule has 2 aromatic heterocycles. The molecule has 0 bridgehead atoms. The zero-order valence-corrected chi connectivity index (χ0v) is 13.7. The van der Waals surface area contributed by atoms with E-state index >= 15 is 0 Å². The number of hydrogen-bond donors (Lipinski definition) is 1. The van der Waals surface area contributed by atoms with Gasteiger partial charge in [0.25, 0.3) is 5.91 Å². The highest BCUT2D eigenvalue weighted by molar-refractivity contribution is 5.92. The first kappa shape index (κ1) is 15.9. The monoisotopic (exact) mass is 321 g/mol. The predicted octanol–water partition coefficient (Wildman–Crippen LogP) is 2.46. The van der Waals surface area contributed by atoms with Gasteiger partial charge < -0.3 is 9.88 Å². The Bertz CT molecular complexity index is 794. The standard InChI is InChI=1S/C18H19N5O/c1-13-10-16(21-14(2)20-13)18(24)22-17(11-23-9-8-19-12-23)15-6-4-3-5-7-15/h3-10,12,17H,11H2,1-2H3,(H,22,24)/t17-/m1/s1. The molecule has 6 heteroatoms. The van der Waals surface area contributed by atoms with Gasteiger partial charge >= 0.3 is 0 Å². The molecule has 1 amide bonds. The summed E-state index contributed by atoms with van der Waals surface area (Å²) in [5, 5.41) is 3.06. The van der Waals surface area contributed by atoms with Crippen LogP contribution in [-0.2, 0) is 6.54 Å². The van der Waals surface area contributed by atoms with Crippen molar-refractivity contribution in [1.29, 1.82) is 0 Å². The third kappa shape index (κ3) is 3.84. The van der Waals surface area contributed by atoms with Crippen LogP contribution in [0.2, 0.25) is 0 Å². The van der Waals surface area contributed by atoms with Gasteiger partial charge in [0.15, 0.2) is 0 Å². The minimum atomic E-state index is -0.211. The molecule has 3 aromatic rings. The minimum absolute atomic E-state index is 0.177. The van der Waals surface area contributed by atoms with E-state index < -0.39 is 0 Å². The van der Waals surface area contributed by atoms with Gasteiger partial charge in [0, 0.05) is 24.6 Å². The number of aromatic nitrogens is 4. The zero-order valence-electron chi connectivity index (χ0n) is 13.7. The Morgan fingerprint density at radius 3 is 2.67 bits per heavy atom. The van der Waals surface area contributed by atoms with Gasteiger partial charge in [-0.15, -0.1) is 0 Å². The Labute approximate surface area is 140 Å². The number of amides is 1. The van der Waals surface area contributed by atoms with E-state index in [0.717, 1.165) is 11.3 Å². The molecule has 3 rings (SSSR count). The van der Waals surface area contributed by atoms with Crippen LogP contribution in [0.4, 0.5) is 0 Å². The maximum absolute atomic E-state index is 12.6. The third-order valence-electron chi connectivity index (χ3n) is 3.66. The van der Waals surface area contributed by atoms with E-state index in [9.17, 15) is 4.79 Å². The largest absolute Gasteiger partial charge is 0.342 e. The summed E-state index contributed by atoms with van der Waals surface area (Å²) in [6, 6.07) is 11.4. The average Bonchev–Trinajstić information content (AvgIpc) is 3.07. The number of nitrogens with one attached hydrogen (secondary N) is 1. The smallest absolute Gasteiger partial charge is 0.270 e. The second kappa shape index (κ2) is 7.04. The van der Waals surface area contributed by atoms with E-state index in [0.29, 0.717) is 18.1 Å². The van der Waals surface area contributed by atoms with Crippen LogP contribution in [0.3, 0.4) is 0 Å². The molecule has 1 N–H and O–H groups in total. The number of imidazole rings is 1. The van der Waals surface area contributed by atoms with Crippen molar-refractivity contribution in [3.63, 3.8) is 0 Å². The van der Waals surface area contributed by atoms with Gasteiger partial charge in [-0.3, -0.25) is 4.79 Å². The van der Waals surface area contributed by atoms with Gasteiger partial charge in [-0.25, -0.2) is 15.0 Å². The topological polar surface area (TPSA) is 72.7 Å². The van der Waals surface area contributed by atoms with Crippen molar-refractivity contribution in [1.82, 2.24) is 24.8 Å². The van der Waals surface area contributed by atoms with Gasteiger partial charge in [-0.1, -0.05) is 30.3 Å². The maximum Gasteiger partial charge on any atom is 0.270 e. The fraction of sp³-hybridized carbons (Fsp3) is 0.222. The lowest BCUT2D eigenvalue weighted by Crippen LogP contribution is -2.32. The first-order valence-corrected chi connectivity index (χ1v) is 7.75. The van der Waals surface area contributed by atoms with Gasteiger partial charge in [-0.05, 0) is 25.5 Å². The van der Waals surface area contributed by atoms with E-state index in [2.05, 4.69) is 20.3 Å². The molecule has 6 nitrogen and oxygen atoms in total. The highest BCUT2D eigenvalue weighted by Crippen LogP contribution is 2.16. The highest BCUT2D eigenvalue weighted by Gasteiger charge is 2.17. The molecule has 0 fully saturated rings. The van der Waals surface area contributed by atoms with Crippen molar-refractivity contribution in [2.75, 3.05) is 0 Å². The Morgan fingerprint density at radius 1 is 1.21 bits per heavy atom. The number of carbonyl (C=O) groups is 1. The normalized spacial score (nSPS) is 11.9. The Morgan fingerprint density at radius 2 is 2.00 bits per heavy atom. The van der Waals surface area contributed by atoms with Crippen LogP contribution < -0.4 is 5.32 Å². The lowest BCUT2D eigenvalue weighted by atomic mass is 10.1. The molecule has 0 radical (unpaired) electrons. The lowest BCUT2D eigenvalue weighted by Gasteiger charge is -2.19. The van der Waals surface area contributed by atoms with E-state index in [1.165, 1.54) is 0 Å². The summed E-state index contributed by atoms with van der Waals surface area (Å²) >= 11 is 0. The van der Waals surface area contributed by atoms with Crippen LogP contribution in [0.15, 0.2) is 55.1 Å². The number of rotatable bonds is 5. The van der Waals surface area contributed by atoms with Crippen LogP contribution in [0, 0.1) is 13.8 Å². The van der Waals surface area contributed by atoms with Crippen molar-refractivity contribution in [3.8, 4) is 0 Å². The summed E-state index contributed by atoms with van der Waals surface area (Å²) in [5.41, 5.74) is 2.19. The molecule has 0 unspecified atom stereocenters. The zero-order chi connectivity index (χ0) is 16.9. The summed E-state index contributed by atoms with van der Waals surface area (Å²) in [7, 11) is 0. The average molecular weight is 321 g/mol. The van der Waals surface area contributed by atoms with E-state index in [1.54, 1.807) is 25.5 Å². The molecule has 0 saturated heterocycles. The lowest BCUT2D eigenvalue weighted by molar-refractivity contribution is 0.0927. The van der Waals surface area contributed by atoms with Gasteiger partial charge in [0.05, 0.1) is 12.4 Å². The molecule has 0 saturated carbocycles. The van der Waals surface area contributed by atoms with E-state index in [1.807, 2.05) is 48.0 Å². The highest BCUT2D eigenvalue weighted by atomic mass is 16.1. The summed E-state index contributed by atoms with van der Waals surface area (Å²) in [6.45, 7) is 4.23. The molecule has 1 atom stereocenters. The van der Waals surface area contributed by atoms with E-state index in [4.69, 9.17) is 0 Å². The van der Waals surface area contributed by atoms with Crippen LogP contribution in [0.25, 0.3) is 0 Å². The maximum atomic E-state index is 12.6. The molecule has 0 aliphatic carbocycles. The van der Waals surface area contributed by atoms with Crippen molar-refractivity contribution in [2.45, 2.75) is 26.4 Å². The molecule has 0 spiro atoms. The molecular weight excluding hydrogens is 302 g/mol. The van der Waals surface area contributed by atoms with Crippen molar-refractivity contribution >= 4 is 5.91 Å². The van der Waals surface area contributed by atoms with Crippen molar-refractivity contribution < 1.29 is 4.79 Å². The quantitative estimate of drug-likeness (QED) is 0.783. The Hall–Kier alpha value is -3.02. The number of carbonyl (C=O) groups excluding carboxylic acids is 1. The van der Waals surface area contributed by atoms with Gasteiger partial charge in [0.2, 0.25) is 0 Å². The molecule has 2 heterocycles. The van der Waals surface area contributed by atoms with Crippen LogP contribution >= 0.6 is 0 Å². The number of hydrogen-bond acceptors (Lipinski definition) is 4. The summed E-state index contributed by atoms with van der Waals surface area (Å²) in [6.07, 6.45) is 5.34. The number of nitrogens with zero attached hydrogens (tertiary/aromatic N) is 4. The molecule has 24 heavy (non-hydrogen) atoms. The molecule has 0 aliphatic heterocycles. The van der Waals surface area contributed by atoms with Crippen LogP contribution in [0.5, 0.6) is 0 Å². The second-order valence-corrected chi connectivity index (χ2v) is 5.64. The molecule has 122 valence electrons. The van der Waals surface area contributed by atoms with Gasteiger partial charge in [-0.2, -0.15) is 0 Å². The van der Waals surface area contributed by atoms with Crippen molar-refractivity contribution in [3.05, 3.63) is 77.9 Å². The number of aryl methyl sites for hydroxylation is 2. The summed E-state index contributed by atoms with van der Waals surface area (Å²) in [5.74, 6) is 0.378. The molecule has 1 aromatic carbocycles. The van der Waals surface area contributed by atoms with Crippen molar-refractivity contribution in [2.24, 2.45) is 0 Å². The van der Waals surface area contributed by atoms with E-state index in [-0.39, 0.29) is 11.9 Å². The first-order chi connectivity index (χ1) is 11.6. The second-order valence-electron chi connectivity index (χ2n) is 5.64. The third-order valence-corrected chi connectivity index (χ3v) is 3.66. The van der Waals surface area contributed by atoms with Gasteiger partial charge in [0.1, 0.15) is 11.5 Å². The van der Waals surface area contributed by atoms with Crippen LogP contribution in [0.1, 0.15) is 33.6 Å². The Balaban J connectivity index is 1.84. The number of benzene rings is 1. The minimum Gasteiger partial charge on any atom is -0.342 e. The fourth-order valence-electron chi connectivity index (χ4n) is 2.59. The fourth-order valence-corrected chi connectivity index (χ4v) is 2.59. The van der Waals surface area contributed by atoms with Crippen LogP contribution in [-0.4, -0.2) is 25.4 Å². The molecular formula is C18H19N5O. The first-order valence-electron chi connectivity index (χ1n) is 7.75. The SMILES string of the molecule is Cc1cc(C(=O)N[C@H](Cn2ccnc2)c2ccccc2)nc(C)n1. The Kier molecular flexibility index (Phi) is 4.65. The predicted molar refractivity (Wildman–Crippen MR) is 90.4 cm³/mol. The summed E-state index contributed by atoms with van der Waals surface area (Å²) in [4.78, 5) is 25.1.